The number of rotatable bonds is 1. The molecule has 0 saturated carbocycles. The summed E-state index contributed by atoms with van der Waals surface area (Å²) < 4.78 is 0. The second-order valence-electron chi connectivity index (χ2n) is 3.58. The molecule has 0 fully saturated rings. The number of carboxylic acid groups (broad SMARTS) is 1. The molecule has 0 spiro atoms. The van der Waals surface area contributed by atoms with Gasteiger partial charge in [0.05, 0.1) is 0 Å². The van der Waals surface area contributed by atoms with Gasteiger partial charge in [-0.25, -0.2) is 0 Å². The molecule has 0 radical (unpaired) electrons. The van der Waals surface area contributed by atoms with E-state index in [0.717, 1.165) is 6.42 Å². The zero-order valence-corrected chi connectivity index (χ0v) is 7.86. The molecule has 3 nitrogen and oxygen atoms in total. The van der Waals surface area contributed by atoms with E-state index in [0.29, 0.717) is 13.0 Å². The number of hydrogen-bond donors (Lipinski definition) is 2. The van der Waals surface area contributed by atoms with Crippen LogP contribution in [0.25, 0.3) is 0 Å². The molecule has 0 bridgehead atoms. The summed E-state index contributed by atoms with van der Waals surface area (Å²) in [5.41, 5.74) is 2.49. The number of hydrogen-bond acceptors (Lipinski definition) is 2. The maximum atomic E-state index is 10.8. The normalized spacial score (nSPS) is 21.0. The molecule has 74 valence electrons. The van der Waals surface area contributed by atoms with Crippen LogP contribution in [-0.2, 0) is 17.8 Å². The summed E-state index contributed by atoms with van der Waals surface area (Å²) in [7, 11) is 0. The van der Waals surface area contributed by atoms with Crippen LogP contribution < -0.4 is 5.32 Å². The largest absolute Gasteiger partial charge is 0.480 e. The summed E-state index contributed by atoms with van der Waals surface area (Å²) in [6.45, 7) is 0.660. The fraction of sp³-hybridized carbons (Fsp3) is 0.364. The van der Waals surface area contributed by atoms with Crippen molar-refractivity contribution in [2.24, 2.45) is 0 Å². The molecule has 1 aliphatic rings. The van der Waals surface area contributed by atoms with Gasteiger partial charge < -0.3 is 10.4 Å². The Morgan fingerprint density at radius 3 is 2.79 bits per heavy atom. The van der Waals surface area contributed by atoms with Crippen molar-refractivity contribution in [1.29, 1.82) is 0 Å². The summed E-state index contributed by atoms with van der Waals surface area (Å²) in [6, 6.07) is 7.71. The zero-order valence-electron chi connectivity index (χ0n) is 7.86. The van der Waals surface area contributed by atoms with E-state index in [1.165, 1.54) is 11.1 Å². The highest BCUT2D eigenvalue weighted by atomic mass is 16.4. The van der Waals surface area contributed by atoms with Gasteiger partial charge in [-0.1, -0.05) is 24.3 Å². The molecule has 3 heteroatoms. The van der Waals surface area contributed by atoms with Crippen LogP contribution in [0.5, 0.6) is 0 Å². The van der Waals surface area contributed by atoms with Crippen LogP contribution in [-0.4, -0.2) is 17.1 Å². The molecule has 1 aliphatic heterocycles. The highest BCUT2D eigenvalue weighted by molar-refractivity contribution is 5.73. The second kappa shape index (κ2) is 3.80. The van der Waals surface area contributed by atoms with Crippen LogP contribution in [0, 0.1) is 0 Å². The molecule has 2 N–H and O–H groups in total. The molecule has 0 saturated heterocycles. The monoisotopic (exact) mass is 191 g/mol. The van der Waals surface area contributed by atoms with Crippen molar-refractivity contribution in [2.45, 2.75) is 25.4 Å². The van der Waals surface area contributed by atoms with Gasteiger partial charge in [0.2, 0.25) is 0 Å². The minimum absolute atomic E-state index is 0.401. The number of nitrogens with one attached hydrogen (secondary N) is 1. The van der Waals surface area contributed by atoms with Gasteiger partial charge in [0, 0.05) is 6.54 Å². The van der Waals surface area contributed by atoms with Crippen LogP contribution in [0.4, 0.5) is 0 Å². The summed E-state index contributed by atoms with van der Waals surface area (Å²) in [6.07, 6.45) is 1.52. The Balaban J connectivity index is 2.18. The van der Waals surface area contributed by atoms with Crippen molar-refractivity contribution >= 4 is 5.97 Å². The van der Waals surface area contributed by atoms with Crippen LogP contribution in [0.15, 0.2) is 24.3 Å². The number of carboxylic acids is 1. The molecule has 0 aromatic heterocycles. The number of aliphatic carboxylic acids is 1. The molecule has 0 amide bonds. The maximum Gasteiger partial charge on any atom is 0.320 e. The molecule has 2 rings (SSSR count). The molecular weight excluding hydrogens is 178 g/mol. The lowest BCUT2D eigenvalue weighted by molar-refractivity contribution is -0.139. The average Bonchev–Trinajstić information content (AvgIpc) is 2.39. The average molecular weight is 191 g/mol. The van der Waals surface area contributed by atoms with Gasteiger partial charge in [-0.15, -0.1) is 0 Å². The van der Waals surface area contributed by atoms with E-state index in [1.807, 2.05) is 18.2 Å². The topological polar surface area (TPSA) is 49.3 Å². The summed E-state index contributed by atoms with van der Waals surface area (Å²) >= 11 is 0. The van der Waals surface area contributed by atoms with Gasteiger partial charge in [-0.3, -0.25) is 4.79 Å². The molecule has 0 unspecified atom stereocenters. The highest BCUT2D eigenvalue weighted by Crippen LogP contribution is 2.16. The fourth-order valence-electron chi connectivity index (χ4n) is 1.82. The standard InChI is InChI=1S/C11H13NO2/c13-11(14)10-6-5-8-3-1-2-4-9(8)7-12-10/h1-4,10,12H,5-7H2,(H,13,14)/t10-/m0/s1. The second-order valence-corrected chi connectivity index (χ2v) is 3.58. The number of aryl methyl sites for hydroxylation is 1. The Morgan fingerprint density at radius 2 is 2.07 bits per heavy atom. The zero-order chi connectivity index (χ0) is 9.97. The van der Waals surface area contributed by atoms with E-state index in [2.05, 4.69) is 11.4 Å². The molecule has 1 atom stereocenters. The molecule has 1 heterocycles. The number of benzene rings is 1. The first-order valence-electron chi connectivity index (χ1n) is 4.80. The molecule has 1 aromatic carbocycles. The van der Waals surface area contributed by atoms with Gasteiger partial charge in [0.1, 0.15) is 6.04 Å². The van der Waals surface area contributed by atoms with E-state index in [9.17, 15) is 4.79 Å². The van der Waals surface area contributed by atoms with Crippen molar-refractivity contribution in [2.75, 3.05) is 0 Å². The Bertz CT molecular complexity index is 322. The van der Waals surface area contributed by atoms with Gasteiger partial charge in [-0.2, -0.15) is 0 Å². The Kier molecular flexibility index (Phi) is 2.50. The molecular formula is C11H13NO2. The fourth-order valence-corrected chi connectivity index (χ4v) is 1.82. The van der Waals surface area contributed by atoms with E-state index in [4.69, 9.17) is 5.11 Å². The van der Waals surface area contributed by atoms with Crippen molar-refractivity contribution < 1.29 is 9.90 Å². The number of carbonyl (C=O) groups is 1. The Morgan fingerprint density at radius 1 is 1.36 bits per heavy atom. The maximum absolute atomic E-state index is 10.8. The first-order chi connectivity index (χ1) is 6.77. The summed E-state index contributed by atoms with van der Waals surface area (Å²) in [4.78, 5) is 10.8. The van der Waals surface area contributed by atoms with Crippen molar-refractivity contribution in [3.8, 4) is 0 Å². The molecule has 0 aliphatic carbocycles. The molecule has 1 aromatic rings. The summed E-state index contributed by atoms with van der Waals surface area (Å²) in [5.74, 6) is -0.752. The van der Waals surface area contributed by atoms with Crippen LogP contribution in [0.1, 0.15) is 17.5 Å². The minimum Gasteiger partial charge on any atom is -0.480 e. The van der Waals surface area contributed by atoms with Gasteiger partial charge in [0.15, 0.2) is 0 Å². The lowest BCUT2D eigenvalue weighted by Gasteiger charge is -2.08. The van der Waals surface area contributed by atoms with Gasteiger partial charge >= 0.3 is 5.97 Å². The van der Waals surface area contributed by atoms with E-state index < -0.39 is 12.0 Å². The SMILES string of the molecule is O=C(O)[C@@H]1CCc2ccccc2CN1. The Labute approximate surface area is 82.8 Å². The quantitative estimate of drug-likeness (QED) is 0.700. The smallest absolute Gasteiger partial charge is 0.320 e. The van der Waals surface area contributed by atoms with Crippen LogP contribution >= 0.6 is 0 Å². The Hall–Kier alpha value is -1.35. The summed E-state index contributed by atoms with van der Waals surface area (Å²) in [5, 5.41) is 11.9. The van der Waals surface area contributed by atoms with Gasteiger partial charge in [-0.05, 0) is 24.0 Å². The lowest BCUT2D eigenvalue weighted by Crippen LogP contribution is -2.35. The third-order valence-corrected chi connectivity index (χ3v) is 2.66. The van der Waals surface area contributed by atoms with Crippen molar-refractivity contribution in [3.63, 3.8) is 0 Å². The van der Waals surface area contributed by atoms with E-state index in [-0.39, 0.29) is 0 Å². The highest BCUT2D eigenvalue weighted by Gasteiger charge is 2.20. The predicted octanol–water partition coefficient (Wildman–Crippen LogP) is 1.18. The van der Waals surface area contributed by atoms with Crippen LogP contribution in [0.3, 0.4) is 0 Å². The van der Waals surface area contributed by atoms with Crippen molar-refractivity contribution in [3.05, 3.63) is 35.4 Å². The van der Waals surface area contributed by atoms with E-state index in [1.54, 1.807) is 0 Å². The first-order valence-corrected chi connectivity index (χ1v) is 4.80. The minimum atomic E-state index is -0.752. The predicted molar refractivity (Wildman–Crippen MR) is 53.0 cm³/mol. The van der Waals surface area contributed by atoms with E-state index >= 15 is 0 Å². The third kappa shape index (κ3) is 1.77. The lowest BCUT2D eigenvalue weighted by atomic mass is 10.0. The first kappa shape index (κ1) is 9.21. The van der Waals surface area contributed by atoms with Crippen molar-refractivity contribution in [1.82, 2.24) is 5.32 Å². The van der Waals surface area contributed by atoms with Crippen LogP contribution in [0.2, 0.25) is 0 Å². The number of fused-ring (bicyclic) bond motifs is 1. The molecule has 14 heavy (non-hydrogen) atoms. The van der Waals surface area contributed by atoms with Gasteiger partial charge in [0.25, 0.3) is 0 Å². The third-order valence-electron chi connectivity index (χ3n) is 2.66.